The number of nitrogens with two attached hydrogens (primary N) is 1. The van der Waals surface area contributed by atoms with Gasteiger partial charge in [0.2, 0.25) is 5.91 Å². The van der Waals surface area contributed by atoms with Crippen molar-refractivity contribution in [2.75, 3.05) is 5.32 Å². The fourth-order valence-corrected chi connectivity index (χ4v) is 2.32. The Hall–Kier alpha value is -1.39. The molecule has 1 aromatic rings. The zero-order valence-corrected chi connectivity index (χ0v) is 9.57. The highest BCUT2D eigenvalue weighted by molar-refractivity contribution is 5.93. The summed E-state index contributed by atoms with van der Waals surface area (Å²) in [6.07, 6.45) is 2.41. The summed E-state index contributed by atoms with van der Waals surface area (Å²) in [4.78, 5) is 11.2. The van der Waals surface area contributed by atoms with Gasteiger partial charge < -0.3 is 16.2 Å². The SMILES string of the molecule is NC1(C(O)c2ccc3c(c2)CCC(=O)N3)CC1. The van der Waals surface area contributed by atoms with Crippen LogP contribution in [0.25, 0.3) is 0 Å². The highest BCUT2D eigenvalue weighted by atomic mass is 16.3. The normalized spacial score (nSPS) is 22.6. The first kappa shape index (κ1) is 10.7. The number of aliphatic hydroxyl groups excluding tert-OH is 1. The van der Waals surface area contributed by atoms with Crippen LogP contribution in [0.3, 0.4) is 0 Å². The lowest BCUT2D eigenvalue weighted by Crippen LogP contribution is -2.30. The lowest BCUT2D eigenvalue weighted by Gasteiger charge is -2.22. The van der Waals surface area contributed by atoms with Gasteiger partial charge in [0.15, 0.2) is 0 Å². The molecule has 1 atom stereocenters. The zero-order chi connectivity index (χ0) is 12.0. The molecule has 2 aliphatic rings. The summed E-state index contributed by atoms with van der Waals surface area (Å²) in [6.45, 7) is 0. The van der Waals surface area contributed by atoms with E-state index >= 15 is 0 Å². The van der Waals surface area contributed by atoms with Gasteiger partial charge in [-0.1, -0.05) is 12.1 Å². The number of rotatable bonds is 2. The van der Waals surface area contributed by atoms with Crippen molar-refractivity contribution in [1.29, 1.82) is 0 Å². The second kappa shape index (κ2) is 3.55. The van der Waals surface area contributed by atoms with Crippen LogP contribution in [0.5, 0.6) is 0 Å². The highest BCUT2D eigenvalue weighted by Gasteiger charge is 2.45. The zero-order valence-electron chi connectivity index (χ0n) is 9.57. The van der Waals surface area contributed by atoms with E-state index in [0.717, 1.165) is 36.1 Å². The number of hydrogen-bond acceptors (Lipinski definition) is 3. The molecule has 1 aromatic carbocycles. The van der Waals surface area contributed by atoms with E-state index in [-0.39, 0.29) is 5.91 Å². The predicted molar refractivity (Wildman–Crippen MR) is 64.5 cm³/mol. The summed E-state index contributed by atoms with van der Waals surface area (Å²) in [6, 6.07) is 5.67. The third kappa shape index (κ3) is 1.83. The van der Waals surface area contributed by atoms with Crippen molar-refractivity contribution in [3.05, 3.63) is 29.3 Å². The standard InChI is InChI=1S/C13H16N2O2/c14-13(5-6-13)12(17)9-1-3-10-8(7-9)2-4-11(16)15-10/h1,3,7,12,17H,2,4-6,14H2,(H,15,16). The number of amides is 1. The van der Waals surface area contributed by atoms with Crippen LogP contribution in [0.15, 0.2) is 18.2 Å². The average Bonchev–Trinajstić information content (AvgIpc) is 3.07. The minimum Gasteiger partial charge on any atom is -0.386 e. The Morgan fingerprint density at radius 2 is 2.12 bits per heavy atom. The summed E-state index contributed by atoms with van der Waals surface area (Å²) < 4.78 is 0. The van der Waals surface area contributed by atoms with Gasteiger partial charge in [0, 0.05) is 17.6 Å². The molecule has 0 saturated heterocycles. The molecule has 1 heterocycles. The van der Waals surface area contributed by atoms with Crippen molar-refractivity contribution in [3.8, 4) is 0 Å². The lowest BCUT2D eigenvalue weighted by molar-refractivity contribution is -0.116. The molecule has 1 amide bonds. The summed E-state index contributed by atoms with van der Waals surface area (Å²) in [5.41, 5.74) is 8.39. The van der Waals surface area contributed by atoms with Crippen LogP contribution in [-0.4, -0.2) is 16.6 Å². The van der Waals surface area contributed by atoms with Crippen LogP contribution >= 0.6 is 0 Å². The Balaban J connectivity index is 1.90. The largest absolute Gasteiger partial charge is 0.386 e. The smallest absolute Gasteiger partial charge is 0.224 e. The molecule has 1 saturated carbocycles. The first-order valence-electron chi connectivity index (χ1n) is 5.98. The number of nitrogens with one attached hydrogen (secondary N) is 1. The molecule has 1 unspecified atom stereocenters. The minimum absolute atomic E-state index is 0.0586. The molecular weight excluding hydrogens is 216 g/mol. The van der Waals surface area contributed by atoms with Gasteiger partial charge in [-0.25, -0.2) is 0 Å². The van der Waals surface area contributed by atoms with Crippen molar-refractivity contribution in [1.82, 2.24) is 0 Å². The number of aliphatic hydroxyl groups is 1. The fourth-order valence-electron chi connectivity index (χ4n) is 2.32. The first-order chi connectivity index (χ1) is 8.08. The molecule has 3 rings (SSSR count). The van der Waals surface area contributed by atoms with E-state index < -0.39 is 11.6 Å². The number of carbonyl (C=O) groups is 1. The van der Waals surface area contributed by atoms with E-state index in [2.05, 4.69) is 5.32 Å². The summed E-state index contributed by atoms with van der Waals surface area (Å²) >= 11 is 0. The maximum Gasteiger partial charge on any atom is 0.224 e. The molecule has 1 aliphatic heterocycles. The molecule has 17 heavy (non-hydrogen) atoms. The lowest BCUT2D eigenvalue weighted by atomic mass is 9.95. The molecular formula is C13H16N2O2. The second-order valence-corrected chi connectivity index (χ2v) is 5.10. The predicted octanol–water partition coefficient (Wildman–Crippen LogP) is 1.10. The van der Waals surface area contributed by atoms with Gasteiger partial charge in [-0.3, -0.25) is 4.79 Å². The van der Waals surface area contributed by atoms with Gasteiger partial charge in [-0.05, 0) is 36.5 Å². The van der Waals surface area contributed by atoms with E-state index in [1.54, 1.807) is 0 Å². The molecule has 4 nitrogen and oxygen atoms in total. The van der Waals surface area contributed by atoms with Crippen LogP contribution in [0.4, 0.5) is 5.69 Å². The Morgan fingerprint density at radius 3 is 2.82 bits per heavy atom. The monoisotopic (exact) mass is 232 g/mol. The topological polar surface area (TPSA) is 75.3 Å². The Bertz CT molecular complexity index is 480. The molecule has 1 fully saturated rings. The molecule has 0 spiro atoms. The van der Waals surface area contributed by atoms with Gasteiger partial charge >= 0.3 is 0 Å². The first-order valence-corrected chi connectivity index (χ1v) is 5.98. The van der Waals surface area contributed by atoms with Crippen LogP contribution in [0, 0.1) is 0 Å². The van der Waals surface area contributed by atoms with E-state index in [0.29, 0.717) is 6.42 Å². The number of carbonyl (C=O) groups excluding carboxylic acids is 1. The van der Waals surface area contributed by atoms with Crippen molar-refractivity contribution in [3.63, 3.8) is 0 Å². The van der Waals surface area contributed by atoms with Crippen LogP contribution in [-0.2, 0) is 11.2 Å². The van der Waals surface area contributed by atoms with Gasteiger partial charge in [0.05, 0.1) is 6.10 Å². The van der Waals surface area contributed by atoms with Crippen LogP contribution in [0.1, 0.15) is 36.5 Å². The summed E-state index contributed by atoms with van der Waals surface area (Å²) in [7, 11) is 0. The van der Waals surface area contributed by atoms with E-state index in [9.17, 15) is 9.90 Å². The molecule has 0 aromatic heterocycles. The van der Waals surface area contributed by atoms with Gasteiger partial charge in [0.1, 0.15) is 0 Å². The molecule has 4 heteroatoms. The van der Waals surface area contributed by atoms with Crippen molar-refractivity contribution < 1.29 is 9.90 Å². The number of aryl methyl sites for hydroxylation is 1. The van der Waals surface area contributed by atoms with E-state index in [1.807, 2.05) is 18.2 Å². The number of fused-ring (bicyclic) bond motifs is 1. The minimum atomic E-state index is -0.592. The van der Waals surface area contributed by atoms with E-state index in [4.69, 9.17) is 5.73 Å². The molecule has 90 valence electrons. The third-order valence-corrected chi connectivity index (χ3v) is 3.71. The van der Waals surface area contributed by atoms with Gasteiger partial charge in [0.25, 0.3) is 0 Å². The number of anilines is 1. The van der Waals surface area contributed by atoms with Crippen molar-refractivity contribution in [2.45, 2.75) is 37.3 Å². The van der Waals surface area contributed by atoms with Crippen molar-refractivity contribution >= 4 is 11.6 Å². The van der Waals surface area contributed by atoms with Crippen LogP contribution in [0.2, 0.25) is 0 Å². The summed E-state index contributed by atoms with van der Waals surface area (Å²) in [5, 5.41) is 13.0. The molecule has 0 radical (unpaired) electrons. The fraction of sp³-hybridized carbons (Fsp3) is 0.462. The Morgan fingerprint density at radius 1 is 1.35 bits per heavy atom. The summed E-state index contributed by atoms with van der Waals surface area (Å²) in [5.74, 6) is 0.0586. The Kier molecular flexibility index (Phi) is 2.24. The highest BCUT2D eigenvalue weighted by Crippen LogP contribution is 2.44. The number of hydrogen-bond donors (Lipinski definition) is 3. The maximum absolute atomic E-state index is 11.2. The van der Waals surface area contributed by atoms with E-state index in [1.165, 1.54) is 0 Å². The molecule has 0 bridgehead atoms. The van der Waals surface area contributed by atoms with Crippen LogP contribution < -0.4 is 11.1 Å². The van der Waals surface area contributed by atoms with Crippen molar-refractivity contribution in [2.24, 2.45) is 5.73 Å². The molecule has 1 aliphatic carbocycles. The average molecular weight is 232 g/mol. The second-order valence-electron chi connectivity index (χ2n) is 5.10. The maximum atomic E-state index is 11.2. The Labute approximate surface area is 99.8 Å². The number of benzene rings is 1. The molecule has 4 N–H and O–H groups in total. The van der Waals surface area contributed by atoms with Gasteiger partial charge in [-0.2, -0.15) is 0 Å². The third-order valence-electron chi connectivity index (χ3n) is 3.71. The van der Waals surface area contributed by atoms with Gasteiger partial charge in [-0.15, -0.1) is 0 Å². The quantitative estimate of drug-likeness (QED) is 0.714.